The number of benzene rings is 1. The number of carbonyl (C=O) groups excluding carboxylic acids is 1. The van der Waals surface area contributed by atoms with Crippen molar-refractivity contribution in [2.24, 2.45) is 0 Å². The summed E-state index contributed by atoms with van der Waals surface area (Å²) >= 11 is 29.0. The molecule has 3 N–H and O–H groups in total. The van der Waals surface area contributed by atoms with Crippen LogP contribution in [0.4, 0.5) is 5.82 Å². The van der Waals surface area contributed by atoms with Gasteiger partial charge in [0, 0.05) is 6.20 Å². The number of thiocarbonyl (C=S) groups is 1. The Balaban J connectivity index is 2.08. The number of rotatable bonds is 4. The number of halogens is 4. The summed E-state index contributed by atoms with van der Waals surface area (Å²) in [5.41, 5.74) is 0.244. The standard InChI is InChI=1S/C15H12Cl4N4OS/c16-10-6-2-1-5-9(10)12(24)22-13(15(17,18)19)23-14(25)21-11-7-3-4-8-20-11/h1-8,13H,(H,22,24)(H2,20,21,23,25)/t13-/m1/s1. The van der Waals surface area contributed by atoms with Gasteiger partial charge in [-0.3, -0.25) is 4.79 Å². The van der Waals surface area contributed by atoms with E-state index in [-0.39, 0.29) is 15.7 Å². The van der Waals surface area contributed by atoms with Gasteiger partial charge in [-0.1, -0.05) is 64.6 Å². The number of carbonyl (C=O) groups is 1. The van der Waals surface area contributed by atoms with Gasteiger partial charge in [-0.05, 0) is 36.5 Å². The van der Waals surface area contributed by atoms with Gasteiger partial charge >= 0.3 is 0 Å². The molecule has 1 aromatic heterocycles. The molecule has 0 bridgehead atoms. The lowest BCUT2D eigenvalue weighted by Crippen LogP contribution is -2.56. The summed E-state index contributed by atoms with van der Waals surface area (Å²) in [7, 11) is 0. The summed E-state index contributed by atoms with van der Waals surface area (Å²) in [5, 5.41) is 8.51. The number of pyridine rings is 1. The molecular weight excluding hydrogens is 426 g/mol. The lowest BCUT2D eigenvalue weighted by Gasteiger charge is -2.27. The Labute approximate surface area is 170 Å². The van der Waals surface area contributed by atoms with Crippen molar-refractivity contribution >= 4 is 75.5 Å². The van der Waals surface area contributed by atoms with E-state index in [1.165, 1.54) is 0 Å². The van der Waals surface area contributed by atoms with Gasteiger partial charge in [-0.15, -0.1) is 0 Å². The van der Waals surface area contributed by atoms with E-state index in [2.05, 4.69) is 20.9 Å². The molecule has 0 aliphatic heterocycles. The first-order valence-corrected chi connectivity index (χ1v) is 8.80. The lowest BCUT2D eigenvalue weighted by atomic mass is 10.2. The van der Waals surface area contributed by atoms with E-state index in [4.69, 9.17) is 58.6 Å². The molecule has 0 aliphatic carbocycles. The van der Waals surface area contributed by atoms with Gasteiger partial charge in [0.15, 0.2) is 5.11 Å². The number of hydrogen-bond donors (Lipinski definition) is 3. The fraction of sp³-hybridized carbons (Fsp3) is 0.133. The average Bonchev–Trinajstić information content (AvgIpc) is 2.54. The van der Waals surface area contributed by atoms with Crippen LogP contribution < -0.4 is 16.0 Å². The van der Waals surface area contributed by atoms with Gasteiger partial charge in [-0.2, -0.15) is 0 Å². The van der Waals surface area contributed by atoms with Crippen molar-refractivity contribution in [2.75, 3.05) is 5.32 Å². The summed E-state index contributed by atoms with van der Waals surface area (Å²) in [4.78, 5) is 16.4. The molecule has 0 fully saturated rings. The van der Waals surface area contributed by atoms with Crippen molar-refractivity contribution < 1.29 is 4.79 Å². The summed E-state index contributed by atoms with van der Waals surface area (Å²) in [5.74, 6) is -0.0180. The highest BCUT2D eigenvalue weighted by atomic mass is 35.6. The van der Waals surface area contributed by atoms with E-state index in [0.717, 1.165) is 0 Å². The van der Waals surface area contributed by atoms with Crippen molar-refractivity contribution in [3.8, 4) is 0 Å². The van der Waals surface area contributed by atoms with Crippen molar-refractivity contribution in [3.05, 3.63) is 59.2 Å². The van der Waals surface area contributed by atoms with E-state index in [9.17, 15) is 4.79 Å². The Morgan fingerprint density at radius 2 is 1.76 bits per heavy atom. The first kappa shape index (κ1) is 20.0. The van der Waals surface area contributed by atoms with Gasteiger partial charge in [0.25, 0.3) is 5.91 Å². The highest BCUT2D eigenvalue weighted by molar-refractivity contribution is 7.80. The van der Waals surface area contributed by atoms with E-state index in [0.29, 0.717) is 5.82 Å². The third kappa shape index (κ3) is 6.17. The Morgan fingerprint density at radius 3 is 2.36 bits per heavy atom. The maximum atomic E-state index is 12.4. The molecule has 0 saturated heterocycles. The molecule has 5 nitrogen and oxygen atoms in total. The summed E-state index contributed by atoms with van der Waals surface area (Å²) in [6.45, 7) is 0. The SMILES string of the molecule is O=C(N[C@H](NC(=S)Nc1ccccn1)C(Cl)(Cl)Cl)c1ccccc1Cl. The Hall–Kier alpha value is -1.31. The van der Waals surface area contributed by atoms with Crippen LogP contribution in [0, 0.1) is 0 Å². The van der Waals surface area contributed by atoms with Crippen LogP contribution in [0.2, 0.25) is 5.02 Å². The minimum Gasteiger partial charge on any atom is -0.339 e. The average molecular weight is 438 g/mol. The molecule has 0 aliphatic rings. The lowest BCUT2D eigenvalue weighted by molar-refractivity contribution is 0.0934. The largest absolute Gasteiger partial charge is 0.339 e. The predicted octanol–water partition coefficient (Wildman–Crippen LogP) is 4.15. The number of hydrogen-bond acceptors (Lipinski definition) is 3. The molecule has 0 radical (unpaired) electrons. The van der Waals surface area contributed by atoms with Crippen LogP contribution in [0.25, 0.3) is 0 Å². The van der Waals surface area contributed by atoms with Gasteiger partial charge < -0.3 is 16.0 Å². The molecule has 132 valence electrons. The smallest absolute Gasteiger partial charge is 0.254 e. The molecule has 1 aromatic carbocycles. The molecule has 10 heteroatoms. The van der Waals surface area contributed by atoms with E-state index < -0.39 is 15.9 Å². The van der Waals surface area contributed by atoms with Crippen molar-refractivity contribution in [1.82, 2.24) is 15.6 Å². The highest BCUT2D eigenvalue weighted by Gasteiger charge is 2.35. The molecule has 0 unspecified atom stereocenters. The van der Waals surface area contributed by atoms with Gasteiger partial charge in [0.05, 0.1) is 10.6 Å². The number of amides is 1. The number of anilines is 1. The van der Waals surface area contributed by atoms with E-state index in [1.54, 1.807) is 48.7 Å². The van der Waals surface area contributed by atoms with Gasteiger partial charge in [0.1, 0.15) is 12.0 Å². The number of nitrogens with one attached hydrogen (secondary N) is 3. The van der Waals surface area contributed by atoms with Gasteiger partial charge in [0.2, 0.25) is 3.79 Å². The van der Waals surface area contributed by atoms with Crippen molar-refractivity contribution in [3.63, 3.8) is 0 Å². The van der Waals surface area contributed by atoms with Crippen LogP contribution in [0.15, 0.2) is 48.7 Å². The normalized spacial score (nSPS) is 12.2. The zero-order valence-corrected chi connectivity index (χ0v) is 16.3. The van der Waals surface area contributed by atoms with Crippen LogP contribution in [-0.4, -0.2) is 26.0 Å². The second-order valence-corrected chi connectivity index (χ2v) is 7.93. The quantitative estimate of drug-likeness (QED) is 0.381. The number of alkyl halides is 3. The molecule has 0 spiro atoms. The predicted molar refractivity (Wildman–Crippen MR) is 107 cm³/mol. The maximum absolute atomic E-state index is 12.4. The monoisotopic (exact) mass is 436 g/mol. The Morgan fingerprint density at radius 1 is 1.08 bits per heavy atom. The van der Waals surface area contributed by atoms with Crippen LogP contribution in [0.1, 0.15) is 10.4 Å². The fourth-order valence-corrected chi connectivity index (χ4v) is 2.55. The highest BCUT2D eigenvalue weighted by Crippen LogP contribution is 2.29. The molecule has 1 heterocycles. The zero-order chi connectivity index (χ0) is 18.4. The molecule has 0 saturated carbocycles. The third-order valence-corrected chi connectivity index (χ3v) is 4.11. The van der Waals surface area contributed by atoms with Crippen LogP contribution in [0.3, 0.4) is 0 Å². The van der Waals surface area contributed by atoms with Crippen LogP contribution in [0.5, 0.6) is 0 Å². The molecule has 2 rings (SSSR count). The topological polar surface area (TPSA) is 66.1 Å². The van der Waals surface area contributed by atoms with Crippen LogP contribution >= 0.6 is 58.6 Å². The second kappa shape index (κ2) is 8.87. The van der Waals surface area contributed by atoms with Crippen molar-refractivity contribution in [2.45, 2.75) is 9.96 Å². The van der Waals surface area contributed by atoms with E-state index in [1.807, 2.05) is 0 Å². The first-order valence-electron chi connectivity index (χ1n) is 6.88. The molecule has 25 heavy (non-hydrogen) atoms. The van der Waals surface area contributed by atoms with Crippen LogP contribution in [-0.2, 0) is 0 Å². The summed E-state index contributed by atoms with van der Waals surface area (Å²) < 4.78 is -1.87. The second-order valence-electron chi connectivity index (χ2n) is 4.74. The first-order chi connectivity index (χ1) is 11.8. The molecule has 1 amide bonds. The molecule has 2 aromatic rings. The fourth-order valence-electron chi connectivity index (χ4n) is 1.77. The maximum Gasteiger partial charge on any atom is 0.254 e. The minimum absolute atomic E-state index is 0.120. The van der Waals surface area contributed by atoms with E-state index >= 15 is 0 Å². The minimum atomic E-state index is -1.87. The third-order valence-electron chi connectivity index (χ3n) is 2.90. The Bertz CT molecular complexity index is 755. The Kier molecular flexibility index (Phi) is 7.10. The summed E-state index contributed by atoms with van der Waals surface area (Å²) in [6.07, 6.45) is 0.487. The number of nitrogens with zero attached hydrogens (tertiary/aromatic N) is 1. The van der Waals surface area contributed by atoms with Crippen molar-refractivity contribution in [1.29, 1.82) is 0 Å². The van der Waals surface area contributed by atoms with Gasteiger partial charge in [-0.25, -0.2) is 4.98 Å². The molecular formula is C15H12Cl4N4OS. The summed E-state index contributed by atoms with van der Waals surface area (Å²) in [6, 6.07) is 11.8. The number of aromatic nitrogens is 1. The zero-order valence-electron chi connectivity index (χ0n) is 12.5. The molecule has 1 atom stereocenters.